The van der Waals surface area contributed by atoms with Gasteiger partial charge in [-0.2, -0.15) is 9.97 Å². The number of sulfone groups is 1. The average Bonchev–Trinajstić information content (AvgIpc) is 3.51. The fraction of sp³-hybridized carbons (Fsp3) is 0.265. The van der Waals surface area contributed by atoms with Gasteiger partial charge in [0.05, 0.1) is 37.3 Å². The van der Waals surface area contributed by atoms with E-state index in [1.165, 1.54) is 24.4 Å². The van der Waals surface area contributed by atoms with Crippen molar-refractivity contribution in [3.8, 4) is 18.1 Å². The third kappa shape index (κ3) is 6.00. The standard InChI is InChI=1S/C34H30FN7O6S/c1-3-25-26(35)10-9-22-13-24(48-20-47-2)14-23(29(22)25)16-41-19-37-30-31(41)38-34(39-33(30)49(45,46)18-21-7-5-4-6-8-21)40-11-12-42-27(17-40)32(44)36-15-28(42)43/h1,4-10,13-14,19,27H,11-12,15-18,20H2,2H3,(H,36,44). The van der Waals surface area contributed by atoms with E-state index in [0.29, 0.717) is 27.6 Å². The van der Waals surface area contributed by atoms with Crippen molar-refractivity contribution in [1.82, 2.24) is 29.7 Å². The Kier molecular flexibility index (Phi) is 8.35. The second-order valence-electron chi connectivity index (χ2n) is 11.7. The van der Waals surface area contributed by atoms with E-state index in [2.05, 4.69) is 21.2 Å². The number of fused-ring (bicyclic) bond motifs is 3. The molecule has 1 N–H and O–H groups in total. The zero-order chi connectivity index (χ0) is 34.3. The number of nitrogens with zero attached hydrogens (tertiary/aromatic N) is 6. The van der Waals surface area contributed by atoms with Gasteiger partial charge in [0.1, 0.15) is 23.1 Å². The van der Waals surface area contributed by atoms with Crippen LogP contribution in [0.2, 0.25) is 0 Å². The summed E-state index contributed by atoms with van der Waals surface area (Å²) in [6, 6.07) is 14.2. The third-order valence-electron chi connectivity index (χ3n) is 8.56. The molecule has 2 aliphatic rings. The van der Waals surface area contributed by atoms with Crippen LogP contribution >= 0.6 is 0 Å². The number of anilines is 1. The SMILES string of the molecule is C#Cc1c(F)ccc2cc(OCOC)cc(Cn3cnc4c(S(=O)(=O)Cc5ccccc5)nc(N5CCN6C(=O)CNC(=O)C6C5)nc43)c12. The summed E-state index contributed by atoms with van der Waals surface area (Å²) in [7, 11) is -2.59. The molecule has 7 rings (SSSR count). The minimum Gasteiger partial charge on any atom is -0.468 e. The predicted molar refractivity (Wildman–Crippen MR) is 177 cm³/mol. The smallest absolute Gasteiger partial charge is 0.245 e. The van der Waals surface area contributed by atoms with Crippen LogP contribution in [0.5, 0.6) is 5.75 Å². The van der Waals surface area contributed by atoms with Gasteiger partial charge in [0.2, 0.25) is 27.6 Å². The highest BCUT2D eigenvalue weighted by atomic mass is 32.2. The minimum atomic E-state index is -4.08. The third-order valence-corrected chi connectivity index (χ3v) is 10.2. The summed E-state index contributed by atoms with van der Waals surface area (Å²) in [5, 5.41) is 3.43. The van der Waals surface area contributed by atoms with Crippen LogP contribution in [0, 0.1) is 18.2 Å². The molecule has 2 aliphatic heterocycles. The number of carbonyl (C=O) groups excluding carboxylic acids is 2. The molecule has 0 spiro atoms. The number of ether oxygens (including phenoxy) is 2. The molecule has 2 amide bonds. The Morgan fingerprint density at radius 2 is 1.92 bits per heavy atom. The lowest BCUT2D eigenvalue weighted by molar-refractivity contribution is -0.146. The molecule has 0 bridgehead atoms. The van der Waals surface area contributed by atoms with E-state index in [1.807, 2.05) is 0 Å². The van der Waals surface area contributed by atoms with Crippen LogP contribution in [0.1, 0.15) is 16.7 Å². The van der Waals surface area contributed by atoms with E-state index < -0.39 is 21.7 Å². The first-order valence-corrected chi connectivity index (χ1v) is 17.0. The van der Waals surface area contributed by atoms with Crippen LogP contribution in [0.4, 0.5) is 10.3 Å². The molecular weight excluding hydrogens is 653 g/mol. The van der Waals surface area contributed by atoms with Crippen molar-refractivity contribution in [3.63, 3.8) is 0 Å². The lowest BCUT2D eigenvalue weighted by Crippen LogP contribution is -2.66. The van der Waals surface area contributed by atoms with Crippen molar-refractivity contribution in [2.75, 3.05) is 45.0 Å². The summed E-state index contributed by atoms with van der Waals surface area (Å²) in [6.07, 6.45) is 7.20. The Labute approximate surface area is 280 Å². The zero-order valence-corrected chi connectivity index (χ0v) is 27.1. The normalized spacial score (nSPS) is 16.5. The monoisotopic (exact) mass is 683 g/mol. The molecule has 1 unspecified atom stereocenters. The largest absolute Gasteiger partial charge is 0.468 e. The van der Waals surface area contributed by atoms with Crippen LogP contribution in [0.25, 0.3) is 21.9 Å². The van der Waals surface area contributed by atoms with Crippen LogP contribution in [-0.4, -0.2) is 90.8 Å². The van der Waals surface area contributed by atoms with Gasteiger partial charge in [-0.1, -0.05) is 42.3 Å². The van der Waals surface area contributed by atoms with Crippen molar-refractivity contribution >= 4 is 49.5 Å². The van der Waals surface area contributed by atoms with Gasteiger partial charge in [-0.25, -0.2) is 17.8 Å². The number of nitrogens with one attached hydrogen (secondary N) is 1. The molecule has 15 heteroatoms. The van der Waals surface area contributed by atoms with Gasteiger partial charge in [-0.15, -0.1) is 6.42 Å². The Morgan fingerprint density at radius 1 is 1.10 bits per heavy atom. The molecule has 3 aromatic carbocycles. The Hall–Kier alpha value is -5.59. The molecule has 5 aromatic rings. The Morgan fingerprint density at radius 3 is 2.69 bits per heavy atom. The number of imidazole rings is 1. The molecule has 2 aromatic heterocycles. The van der Waals surface area contributed by atoms with E-state index in [4.69, 9.17) is 20.9 Å². The number of benzene rings is 3. The lowest BCUT2D eigenvalue weighted by Gasteiger charge is -2.42. The number of hydrogen-bond donors (Lipinski definition) is 1. The molecule has 13 nitrogen and oxygen atoms in total. The minimum absolute atomic E-state index is 0.0285. The van der Waals surface area contributed by atoms with Crippen molar-refractivity contribution < 1.29 is 31.9 Å². The molecule has 2 fully saturated rings. The Bertz CT molecular complexity index is 2270. The first kappa shape index (κ1) is 32.0. The summed E-state index contributed by atoms with van der Waals surface area (Å²) >= 11 is 0. The van der Waals surface area contributed by atoms with Gasteiger partial charge in [-0.3, -0.25) is 9.59 Å². The molecule has 2 saturated heterocycles. The Balaban J connectivity index is 1.37. The summed E-state index contributed by atoms with van der Waals surface area (Å²) in [5.74, 6) is 1.54. The van der Waals surface area contributed by atoms with Crippen molar-refractivity contribution in [2.24, 2.45) is 0 Å². The van der Waals surface area contributed by atoms with Gasteiger partial charge < -0.3 is 29.2 Å². The van der Waals surface area contributed by atoms with E-state index >= 15 is 0 Å². The maximum atomic E-state index is 15.0. The van der Waals surface area contributed by atoms with E-state index in [-0.39, 0.29) is 84.8 Å². The van der Waals surface area contributed by atoms with Crippen LogP contribution in [-0.2, 0) is 36.5 Å². The number of halogens is 1. The number of methoxy groups -OCH3 is 1. The molecule has 0 saturated carbocycles. The number of carbonyl (C=O) groups is 2. The fourth-order valence-corrected chi connectivity index (χ4v) is 7.70. The predicted octanol–water partition coefficient (Wildman–Crippen LogP) is 2.25. The number of rotatable bonds is 9. The van der Waals surface area contributed by atoms with Crippen molar-refractivity contribution in [2.45, 2.75) is 23.4 Å². The van der Waals surface area contributed by atoms with Crippen LogP contribution < -0.4 is 15.0 Å². The summed E-state index contributed by atoms with van der Waals surface area (Å²) in [4.78, 5) is 42.2. The van der Waals surface area contributed by atoms with Gasteiger partial charge in [0.25, 0.3) is 0 Å². The first-order valence-electron chi connectivity index (χ1n) is 15.3. The molecule has 0 radical (unpaired) electrons. The maximum absolute atomic E-state index is 15.0. The summed E-state index contributed by atoms with van der Waals surface area (Å²) < 4.78 is 55.4. The number of terminal acetylenes is 1. The van der Waals surface area contributed by atoms with Gasteiger partial charge >= 0.3 is 0 Å². The highest BCUT2D eigenvalue weighted by Gasteiger charge is 2.40. The second kappa shape index (κ2) is 12.8. The maximum Gasteiger partial charge on any atom is 0.245 e. The zero-order valence-electron chi connectivity index (χ0n) is 26.3. The van der Waals surface area contributed by atoms with E-state index in [0.717, 1.165) is 0 Å². The quantitative estimate of drug-likeness (QED) is 0.139. The topological polar surface area (TPSA) is 149 Å². The molecule has 4 heterocycles. The fourth-order valence-electron chi connectivity index (χ4n) is 6.27. The highest BCUT2D eigenvalue weighted by molar-refractivity contribution is 7.90. The average molecular weight is 684 g/mol. The van der Waals surface area contributed by atoms with E-state index in [1.54, 1.807) is 58.0 Å². The first-order chi connectivity index (χ1) is 23.7. The number of piperazine rings is 2. The van der Waals surface area contributed by atoms with Gasteiger partial charge in [0.15, 0.2) is 17.5 Å². The number of aromatic nitrogens is 4. The second-order valence-corrected chi connectivity index (χ2v) is 13.6. The molecule has 0 aliphatic carbocycles. The highest BCUT2D eigenvalue weighted by Crippen LogP contribution is 2.32. The molecular formula is C34H30FN7O6S. The number of hydrogen-bond acceptors (Lipinski definition) is 10. The van der Waals surface area contributed by atoms with E-state index in [9.17, 15) is 22.4 Å². The molecule has 1 atom stereocenters. The lowest BCUT2D eigenvalue weighted by atomic mass is 9.98. The number of amides is 2. The molecule has 49 heavy (non-hydrogen) atoms. The molecule has 250 valence electrons. The van der Waals surface area contributed by atoms with Gasteiger partial charge in [-0.05, 0) is 34.7 Å². The van der Waals surface area contributed by atoms with Crippen LogP contribution in [0.15, 0.2) is 66.0 Å². The van der Waals surface area contributed by atoms with Crippen molar-refractivity contribution in [3.05, 3.63) is 83.4 Å². The van der Waals surface area contributed by atoms with Gasteiger partial charge in [0, 0.05) is 25.6 Å². The summed E-state index contributed by atoms with van der Waals surface area (Å²) in [6.45, 7) is 0.503. The van der Waals surface area contributed by atoms with Crippen molar-refractivity contribution in [1.29, 1.82) is 0 Å². The van der Waals surface area contributed by atoms with Crippen LogP contribution in [0.3, 0.4) is 0 Å². The summed E-state index contributed by atoms with van der Waals surface area (Å²) in [5.41, 5.74) is 1.43.